The van der Waals surface area contributed by atoms with Gasteiger partial charge in [0.1, 0.15) is 18.1 Å². The quantitative estimate of drug-likeness (QED) is 0.749. The van der Waals surface area contributed by atoms with Gasteiger partial charge in [0, 0.05) is 13.0 Å². The fourth-order valence-corrected chi connectivity index (χ4v) is 1.40. The van der Waals surface area contributed by atoms with Crippen molar-refractivity contribution in [3.63, 3.8) is 0 Å². The van der Waals surface area contributed by atoms with Crippen LogP contribution in [0.1, 0.15) is 12.5 Å². The molecule has 0 spiro atoms. The summed E-state index contributed by atoms with van der Waals surface area (Å²) in [7, 11) is 0. The molecule has 0 atom stereocenters. The van der Waals surface area contributed by atoms with Gasteiger partial charge in [-0.1, -0.05) is 30.3 Å². The highest BCUT2D eigenvalue weighted by Gasteiger charge is 2.01. The minimum atomic E-state index is -0.833. The average Bonchev–Trinajstić information content (AvgIpc) is 2.38. The summed E-state index contributed by atoms with van der Waals surface area (Å²) in [5.41, 5.74) is 7.22. The molecule has 0 bridgehead atoms. The standard InChI is InChI=1S/C13H13NO2.C2H4O2/c14-12-8-11(15)6-7-13(12)16-9-10-4-2-1-3-5-10;1-2(3)4/h1-8,15H,9,14H2;1H3,(H,3,4). The number of nitrogens with two attached hydrogens (primary N) is 1. The third kappa shape index (κ3) is 5.77. The van der Waals surface area contributed by atoms with E-state index < -0.39 is 5.97 Å². The van der Waals surface area contributed by atoms with Crippen LogP contribution in [0.2, 0.25) is 0 Å². The molecule has 0 aliphatic carbocycles. The van der Waals surface area contributed by atoms with Crippen LogP contribution in [0.15, 0.2) is 48.5 Å². The highest BCUT2D eigenvalue weighted by atomic mass is 16.5. The molecule has 0 heterocycles. The Labute approximate surface area is 117 Å². The summed E-state index contributed by atoms with van der Waals surface area (Å²) in [6.45, 7) is 1.55. The number of carboxylic acid groups (broad SMARTS) is 1. The Morgan fingerprint density at radius 3 is 2.35 bits per heavy atom. The Kier molecular flexibility index (Phi) is 5.90. The SMILES string of the molecule is CC(=O)O.Nc1cc(O)ccc1OCc1ccccc1. The number of ether oxygens (including phenoxy) is 1. The molecule has 0 saturated carbocycles. The lowest BCUT2D eigenvalue weighted by molar-refractivity contribution is -0.134. The van der Waals surface area contributed by atoms with Crippen molar-refractivity contribution in [3.05, 3.63) is 54.1 Å². The second-order valence-electron chi connectivity index (χ2n) is 4.02. The molecule has 0 fully saturated rings. The number of rotatable bonds is 3. The first-order valence-electron chi connectivity index (χ1n) is 5.94. The van der Waals surface area contributed by atoms with Gasteiger partial charge in [0.15, 0.2) is 0 Å². The first kappa shape index (κ1) is 15.4. The van der Waals surface area contributed by atoms with Crippen molar-refractivity contribution in [1.29, 1.82) is 0 Å². The Bertz CT molecular complexity index is 551. The van der Waals surface area contributed by atoms with E-state index in [9.17, 15) is 5.11 Å². The van der Waals surface area contributed by atoms with Gasteiger partial charge >= 0.3 is 0 Å². The molecule has 0 unspecified atom stereocenters. The molecule has 4 N–H and O–H groups in total. The molecular formula is C15H17NO4. The maximum Gasteiger partial charge on any atom is 0.300 e. The second-order valence-corrected chi connectivity index (χ2v) is 4.02. The van der Waals surface area contributed by atoms with E-state index in [0.717, 1.165) is 12.5 Å². The number of aliphatic carboxylic acids is 1. The third-order valence-corrected chi connectivity index (χ3v) is 2.23. The van der Waals surface area contributed by atoms with Gasteiger partial charge in [-0.15, -0.1) is 0 Å². The third-order valence-electron chi connectivity index (χ3n) is 2.23. The number of nitrogen functional groups attached to an aromatic ring is 1. The molecule has 0 aliphatic rings. The van der Waals surface area contributed by atoms with Crippen molar-refractivity contribution in [3.8, 4) is 11.5 Å². The molecule has 2 rings (SSSR count). The van der Waals surface area contributed by atoms with Crippen LogP contribution in [0.5, 0.6) is 11.5 Å². The minimum Gasteiger partial charge on any atom is -0.508 e. The highest BCUT2D eigenvalue weighted by molar-refractivity contribution is 5.63. The summed E-state index contributed by atoms with van der Waals surface area (Å²) in [4.78, 5) is 9.00. The number of carboxylic acids is 1. The normalized spacial score (nSPS) is 9.25. The van der Waals surface area contributed by atoms with Gasteiger partial charge < -0.3 is 20.7 Å². The molecule has 5 heteroatoms. The van der Waals surface area contributed by atoms with Crippen LogP contribution >= 0.6 is 0 Å². The van der Waals surface area contributed by atoms with E-state index in [1.165, 1.54) is 6.07 Å². The summed E-state index contributed by atoms with van der Waals surface area (Å²) in [5, 5.41) is 16.6. The van der Waals surface area contributed by atoms with Gasteiger partial charge in [-0.2, -0.15) is 0 Å². The van der Waals surface area contributed by atoms with Crippen molar-refractivity contribution < 1.29 is 19.7 Å². The summed E-state index contributed by atoms with van der Waals surface area (Å²) < 4.78 is 5.54. The molecule has 106 valence electrons. The molecule has 0 radical (unpaired) electrons. The first-order valence-corrected chi connectivity index (χ1v) is 5.94. The Balaban J connectivity index is 0.000000444. The Morgan fingerprint density at radius 2 is 1.80 bits per heavy atom. The monoisotopic (exact) mass is 275 g/mol. The van der Waals surface area contributed by atoms with E-state index in [4.69, 9.17) is 20.4 Å². The molecule has 0 aromatic heterocycles. The molecule has 2 aromatic rings. The van der Waals surface area contributed by atoms with E-state index in [0.29, 0.717) is 18.0 Å². The number of carbonyl (C=O) groups is 1. The molecule has 0 saturated heterocycles. The van der Waals surface area contributed by atoms with Crippen LogP contribution in [0.4, 0.5) is 5.69 Å². The van der Waals surface area contributed by atoms with E-state index in [1.807, 2.05) is 30.3 Å². The predicted octanol–water partition coefficient (Wildman–Crippen LogP) is 2.64. The second kappa shape index (κ2) is 7.68. The van der Waals surface area contributed by atoms with Crippen LogP contribution < -0.4 is 10.5 Å². The van der Waals surface area contributed by atoms with Crippen molar-refractivity contribution >= 4 is 11.7 Å². The number of hydrogen-bond acceptors (Lipinski definition) is 4. The number of anilines is 1. The molecule has 0 amide bonds. The van der Waals surface area contributed by atoms with Crippen LogP contribution in [-0.2, 0) is 11.4 Å². The molecule has 0 aliphatic heterocycles. The highest BCUT2D eigenvalue weighted by Crippen LogP contribution is 2.26. The summed E-state index contributed by atoms with van der Waals surface area (Å²) in [6.07, 6.45) is 0. The van der Waals surface area contributed by atoms with Crippen molar-refractivity contribution in [2.24, 2.45) is 0 Å². The van der Waals surface area contributed by atoms with Gasteiger partial charge in [0.2, 0.25) is 0 Å². The summed E-state index contributed by atoms with van der Waals surface area (Å²) >= 11 is 0. The average molecular weight is 275 g/mol. The fourth-order valence-electron chi connectivity index (χ4n) is 1.40. The van der Waals surface area contributed by atoms with E-state index in [2.05, 4.69) is 0 Å². The molecule has 20 heavy (non-hydrogen) atoms. The zero-order valence-corrected chi connectivity index (χ0v) is 11.1. The van der Waals surface area contributed by atoms with Gasteiger partial charge in [-0.25, -0.2) is 0 Å². The zero-order valence-electron chi connectivity index (χ0n) is 11.1. The van der Waals surface area contributed by atoms with Crippen LogP contribution in [0.25, 0.3) is 0 Å². The van der Waals surface area contributed by atoms with Crippen molar-refractivity contribution in [1.82, 2.24) is 0 Å². The number of aromatic hydroxyl groups is 1. The lowest BCUT2D eigenvalue weighted by atomic mass is 10.2. The van der Waals surface area contributed by atoms with Crippen LogP contribution in [0, 0.1) is 0 Å². The largest absolute Gasteiger partial charge is 0.508 e. The fraction of sp³-hybridized carbons (Fsp3) is 0.133. The van der Waals surface area contributed by atoms with Gasteiger partial charge in [-0.05, 0) is 17.7 Å². The van der Waals surface area contributed by atoms with Gasteiger partial charge in [0.25, 0.3) is 5.97 Å². The maximum absolute atomic E-state index is 9.19. The predicted molar refractivity (Wildman–Crippen MR) is 76.6 cm³/mol. The summed E-state index contributed by atoms with van der Waals surface area (Å²) in [5.74, 6) is -0.105. The smallest absolute Gasteiger partial charge is 0.300 e. The molecular weight excluding hydrogens is 258 g/mol. The van der Waals surface area contributed by atoms with Gasteiger partial charge in [-0.3, -0.25) is 4.79 Å². The molecule has 2 aromatic carbocycles. The zero-order chi connectivity index (χ0) is 15.0. The van der Waals surface area contributed by atoms with Crippen LogP contribution in [-0.4, -0.2) is 16.2 Å². The van der Waals surface area contributed by atoms with Crippen molar-refractivity contribution in [2.75, 3.05) is 5.73 Å². The number of benzene rings is 2. The number of phenols is 1. The van der Waals surface area contributed by atoms with Gasteiger partial charge in [0.05, 0.1) is 5.69 Å². The maximum atomic E-state index is 9.19. The first-order chi connectivity index (χ1) is 9.49. The number of hydrogen-bond donors (Lipinski definition) is 3. The molecule has 5 nitrogen and oxygen atoms in total. The van der Waals surface area contributed by atoms with Crippen LogP contribution in [0.3, 0.4) is 0 Å². The Morgan fingerprint density at radius 1 is 1.20 bits per heavy atom. The number of phenolic OH excluding ortho intramolecular Hbond substituents is 1. The minimum absolute atomic E-state index is 0.143. The lowest BCUT2D eigenvalue weighted by Crippen LogP contribution is -1.98. The van der Waals surface area contributed by atoms with Crippen molar-refractivity contribution in [2.45, 2.75) is 13.5 Å². The Hall–Kier alpha value is -2.69. The lowest BCUT2D eigenvalue weighted by Gasteiger charge is -2.08. The van der Waals surface area contributed by atoms with E-state index >= 15 is 0 Å². The van der Waals surface area contributed by atoms with E-state index in [1.54, 1.807) is 12.1 Å². The topological polar surface area (TPSA) is 92.8 Å². The van der Waals surface area contributed by atoms with E-state index in [-0.39, 0.29) is 5.75 Å². The summed E-state index contributed by atoms with van der Waals surface area (Å²) in [6, 6.07) is 14.5.